The highest BCUT2D eigenvalue weighted by Crippen LogP contribution is 2.20. The van der Waals surface area contributed by atoms with E-state index in [1.54, 1.807) is 24.0 Å². The quantitative estimate of drug-likeness (QED) is 0.474. The first-order valence-corrected chi connectivity index (χ1v) is 7.89. The number of thioether (sulfide) groups is 1. The summed E-state index contributed by atoms with van der Waals surface area (Å²) in [7, 11) is 0. The number of nitrogens with two attached hydrogens (primary N) is 1. The Bertz CT molecular complexity index is 568. The Morgan fingerprint density at radius 3 is 2.90 bits per heavy atom. The molecule has 6 heteroatoms. The number of hydrazine groups is 1. The number of benzene rings is 1. The fraction of sp³-hybridized carbons (Fsp3) is 0.214. The van der Waals surface area contributed by atoms with Gasteiger partial charge in [0.05, 0.1) is 0 Å². The molecule has 0 saturated heterocycles. The summed E-state index contributed by atoms with van der Waals surface area (Å²) in [4.78, 5) is 5.03. The van der Waals surface area contributed by atoms with Crippen LogP contribution < -0.4 is 11.3 Å². The van der Waals surface area contributed by atoms with Crippen LogP contribution in [0.3, 0.4) is 0 Å². The molecular weight excluding hydrogens is 341 g/mol. The van der Waals surface area contributed by atoms with Crippen molar-refractivity contribution in [2.75, 3.05) is 5.75 Å². The predicted octanol–water partition coefficient (Wildman–Crippen LogP) is 3.15. The van der Waals surface area contributed by atoms with Crippen LogP contribution in [0.5, 0.6) is 0 Å². The summed E-state index contributed by atoms with van der Waals surface area (Å²) in [6.07, 6.45) is 4.34. The molecule has 0 aliphatic carbocycles. The Kier molecular flexibility index (Phi) is 5.97. The molecule has 3 N–H and O–H groups in total. The van der Waals surface area contributed by atoms with E-state index in [1.807, 2.05) is 18.3 Å². The normalized spacial score (nSPS) is 12.3. The van der Waals surface area contributed by atoms with Crippen molar-refractivity contribution in [3.8, 4) is 0 Å². The Balaban J connectivity index is 1.92. The predicted molar refractivity (Wildman–Crippen MR) is 83.9 cm³/mol. The second-order valence-corrected chi connectivity index (χ2v) is 6.36. The molecule has 1 aromatic carbocycles. The third-order valence-electron chi connectivity index (χ3n) is 2.73. The molecule has 0 saturated carbocycles. The average molecular weight is 356 g/mol. The van der Waals surface area contributed by atoms with E-state index < -0.39 is 0 Å². The second kappa shape index (κ2) is 7.73. The Hall–Kier alpha value is -0.950. The molecule has 0 amide bonds. The molecule has 1 aromatic heterocycles. The zero-order valence-electron chi connectivity index (χ0n) is 10.7. The van der Waals surface area contributed by atoms with Gasteiger partial charge >= 0.3 is 0 Å². The van der Waals surface area contributed by atoms with Crippen LogP contribution in [-0.2, 0) is 6.42 Å². The fourth-order valence-electron chi connectivity index (χ4n) is 1.77. The molecule has 0 aliphatic rings. The minimum atomic E-state index is -0.219. The molecule has 0 aliphatic heterocycles. The smallest absolute Gasteiger partial charge is 0.124 e. The molecular formula is C14H15BrFN3S. The van der Waals surface area contributed by atoms with Crippen molar-refractivity contribution in [1.29, 1.82) is 0 Å². The van der Waals surface area contributed by atoms with Crippen LogP contribution in [0.15, 0.2) is 52.1 Å². The summed E-state index contributed by atoms with van der Waals surface area (Å²) in [5.41, 5.74) is 3.90. The van der Waals surface area contributed by atoms with Gasteiger partial charge in [-0.2, -0.15) is 0 Å². The lowest BCUT2D eigenvalue weighted by Crippen LogP contribution is -2.38. The highest BCUT2D eigenvalue weighted by molar-refractivity contribution is 9.10. The summed E-state index contributed by atoms with van der Waals surface area (Å²) in [5.74, 6) is 6.12. The summed E-state index contributed by atoms with van der Waals surface area (Å²) in [5, 5.41) is 0. The number of nitrogens with one attached hydrogen (secondary N) is 1. The monoisotopic (exact) mass is 355 g/mol. The molecule has 1 unspecified atom stereocenters. The van der Waals surface area contributed by atoms with Crippen LogP contribution in [0.1, 0.15) is 5.56 Å². The lowest BCUT2D eigenvalue weighted by molar-refractivity contribution is 0.574. The summed E-state index contributed by atoms with van der Waals surface area (Å²) < 4.78 is 14.0. The van der Waals surface area contributed by atoms with Crippen LogP contribution in [0, 0.1) is 5.82 Å². The number of nitrogens with zero attached hydrogens (tertiary/aromatic N) is 1. The molecule has 0 bridgehead atoms. The van der Waals surface area contributed by atoms with Gasteiger partial charge in [0, 0.05) is 33.6 Å². The maximum absolute atomic E-state index is 13.1. The van der Waals surface area contributed by atoms with Crippen molar-refractivity contribution in [2.24, 2.45) is 5.84 Å². The van der Waals surface area contributed by atoms with Gasteiger partial charge in [0.1, 0.15) is 5.82 Å². The maximum atomic E-state index is 13.1. The zero-order chi connectivity index (χ0) is 14.4. The number of pyridine rings is 1. The van der Waals surface area contributed by atoms with Crippen LogP contribution in [0.25, 0.3) is 0 Å². The van der Waals surface area contributed by atoms with Crippen molar-refractivity contribution < 1.29 is 4.39 Å². The van der Waals surface area contributed by atoms with Crippen LogP contribution >= 0.6 is 27.7 Å². The molecule has 0 radical (unpaired) electrons. The third kappa shape index (κ3) is 4.86. The van der Waals surface area contributed by atoms with Crippen molar-refractivity contribution in [2.45, 2.75) is 17.4 Å². The maximum Gasteiger partial charge on any atom is 0.124 e. The molecule has 2 rings (SSSR count). The molecule has 0 spiro atoms. The fourth-order valence-corrected chi connectivity index (χ4v) is 3.16. The van der Waals surface area contributed by atoms with Gasteiger partial charge in [-0.3, -0.25) is 16.3 Å². The largest absolute Gasteiger partial charge is 0.271 e. The highest BCUT2D eigenvalue weighted by atomic mass is 79.9. The van der Waals surface area contributed by atoms with Gasteiger partial charge in [0.15, 0.2) is 0 Å². The number of aromatic nitrogens is 1. The molecule has 1 heterocycles. The lowest BCUT2D eigenvalue weighted by atomic mass is 10.1. The van der Waals surface area contributed by atoms with E-state index >= 15 is 0 Å². The molecule has 106 valence electrons. The Labute approximate surface area is 130 Å². The van der Waals surface area contributed by atoms with Crippen LogP contribution in [-0.4, -0.2) is 16.8 Å². The van der Waals surface area contributed by atoms with E-state index in [0.717, 1.165) is 27.1 Å². The molecule has 20 heavy (non-hydrogen) atoms. The number of hydrogen-bond acceptors (Lipinski definition) is 4. The first-order chi connectivity index (χ1) is 9.67. The van der Waals surface area contributed by atoms with Gasteiger partial charge in [0.25, 0.3) is 0 Å². The van der Waals surface area contributed by atoms with Gasteiger partial charge in [0.2, 0.25) is 0 Å². The number of halogens is 2. The lowest BCUT2D eigenvalue weighted by Gasteiger charge is -2.15. The van der Waals surface area contributed by atoms with Gasteiger partial charge < -0.3 is 0 Å². The van der Waals surface area contributed by atoms with E-state index in [9.17, 15) is 4.39 Å². The topological polar surface area (TPSA) is 50.9 Å². The van der Waals surface area contributed by atoms with E-state index in [0.29, 0.717) is 0 Å². The molecule has 3 nitrogen and oxygen atoms in total. The highest BCUT2D eigenvalue weighted by Gasteiger charge is 2.09. The average Bonchev–Trinajstić information content (AvgIpc) is 2.43. The number of hydrogen-bond donors (Lipinski definition) is 2. The second-order valence-electron chi connectivity index (χ2n) is 4.35. The molecule has 0 fully saturated rings. The van der Waals surface area contributed by atoms with E-state index in [1.165, 1.54) is 12.1 Å². The van der Waals surface area contributed by atoms with Gasteiger partial charge in [-0.1, -0.05) is 6.07 Å². The van der Waals surface area contributed by atoms with E-state index in [-0.39, 0.29) is 11.9 Å². The summed E-state index contributed by atoms with van der Waals surface area (Å²) >= 11 is 4.97. The standard InChI is InChI=1S/C14H15BrFN3S/c15-11-4-10(7-18-8-11)5-13(19-17)9-20-14-3-1-2-12(16)6-14/h1-4,6-8,13,19H,5,9,17H2. The first kappa shape index (κ1) is 15.4. The zero-order valence-corrected chi connectivity index (χ0v) is 13.1. The summed E-state index contributed by atoms with van der Waals surface area (Å²) in [6, 6.07) is 8.68. The Morgan fingerprint density at radius 1 is 1.35 bits per heavy atom. The van der Waals surface area contributed by atoms with Crippen molar-refractivity contribution in [3.05, 3.63) is 58.6 Å². The van der Waals surface area contributed by atoms with Crippen LogP contribution in [0.2, 0.25) is 0 Å². The van der Waals surface area contributed by atoms with Gasteiger partial charge in [-0.05, 0) is 52.2 Å². The number of rotatable bonds is 6. The first-order valence-electron chi connectivity index (χ1n) is 6.11. The molecule has 1 atom stereocenters. The molecule has 2 aromatic rings. The van der Waals surface area contributed by atoms with Gasteiger partial charge in [-0.15, -0.1) is 11.8 Å². The van der Waals surface area contributed by atoms with Crippen molar-refractivity contribution in [1.82, 2.24) is 10.4 Å². The van der Waals surface area contributed by atoms with Gasteiger partial charge in [-0.25, -0.2) is 4.39 Å². The van der Waals surface area contributed by atoms with Crippen molar-refractivity contribution in [3.63, 3.8) is 0 Å². The van der Waals surface area contributed by atoms with E-state index in [4.69, 9.17) is 5.84 Å². The SMILES string of the molecule is NNC(CSc1cccc(F)c1)Cc1cncc(Br)c1. The third-order valence-corrected chi connectivity index (χ3v) is 4.32. The minimum absolute atomic E-state index is 0.0966. The summed E-state index contributed by atoms with van der Waals surface area (Å²) in [6.45, 7) is 0. The Morgan fingerprint density at radius 2 is 2.20 bits per heavy atom. The van der Waals surface area contributed by atoms with E-state index in [2.05, 4.69) is 26.3 Å². The van der Waals surface area contributed by atoms with Crippen LogP contribution in [0.4, 0.5) is 4.39 Å². The minimum Gasteiger partial charge on any atom is -0.271 e. The van der Waals surface area contributed by atoms with Crippen molar-refractivity contribution >= 4 is 27.7 Å².